The Balaban J connectivity index is 2.59. The van der Waals surface area contributed by atoms with Crippen LogP contribution in [-0.2, 0) is 0 Å². The largest absolute Gasteiger partial charge is 0.369 e. The molecule has 0 aromatic carbocycles. The zero-order chi connectivity index (χ0) is 12.7. The number of rotatable bonds is 6. The van der Waals surface area contributed by atoms with E-state index in [1.165, 1.54) is 6.33 Å². The highest BCUT2D eigenvalue weighted by Crippen LogP contribution is 2.27. The average Bonchev–Trinajstić information content (AvgIpc) is 2.28. The van der Waals surface area contributed by atoms with E-state index in [9.17, 15) is 0 Å². The molecule has 1 aromatic heterocycles. The fourth-order valence-electron chi connectivity index (χ4n) is 1.40. The highest BCUT2D eigenvalue weighted by molar-refractivity contribution is 7.99. The highest BCUT2D eigenvalue weighted by atomic mass is 35.5. The lowest BCUT2D eigenvalue weighted by Gasteiger charge is -2.13. The molecule has 0 saturated heterocycles. The molecule has 0 atom stereocenters. The molecule has 0 aliphatic carbocycles. The quantitative estimate of drug-likeness (QED) is 0.489. The molecule has 1 N–H and O–H groups in total. The molecule has 0 bridgehead atoms. The lowest BCUT2D eigenvalue weighted by Crippen LogP contribution is -2.10. The first-order valence-corrected chi connectivity index (χ1v) is 6.95. The lowest BCUT2D eigenvalue weighted by molar-refractivity contribution is 0.846. The van der Waals surface area contributed by atoms with Crippen LogP contribution in [0.5, 0.6) is 0 Å². The van der Waals surface area contributed by atoms with Gasteiger partial charge in [-0.1, -0.05) is 31.4 Å². The van der Waals surface area contributed by atoms with Crippen LogP contribution in [-0.4, -0.2) is 28.0 Å². The third-order valence-corrected chi connectivity index (χ3v) is 3.30. The zero-order valence-corrected chi connectivity index (χ0v) is 11.6. The van der Waals surface area contributed by atoms with Crippen LogP contribution < -0.4 is 5.32 Å². The van der Waals surface area contributed by atoms with E-state index in [1.54, 1.807) is 11.8 Å². The number of halogens is 1. The van der Waals surface area contributed by atoms with E-state index in [4.69, 9.17) is 18.0 Å². The minimum absolute atomic E-state index is 0.296. The van der Waals surface area contributed by atoms with Crippen molar-refractivity contribution in [2.24, 2.45) is 0 Å². The summed E-state index contributed by atoms with van der Waals surface area (Å²) in [6.45, 7) is 4.96. The summed E-state index contributed by atoms with van der Waals surface area (Å²) in [5, 5.41) is 3.79. The summed E-state index contributed by atoms with van der Waals surface area (Å²) >= 11 is 7.78. The number of nitrogens with zero attached hydrogens (tertiary/aromatic N) is 2. The maximum Gasteiger partial charge on any atom is 0.138 e. The number of thioether (sulfide) groups is 1. The molecular weight excluding hydrogens is 254 g/mol. The van der Waals surface area contributed by atoms with Crippen molar-refractivity contribution in [3.05, 3.63) is 17.0 Å². The maximum absolute atomic E-state index is 6.06. The second-order valence-corrected chi connectivity index (χ2v) is 5.23. The van der Waals surface area contributed by atoms with Crippen LogP contribution >= 0.6 is 23.4 Å². The van der Waals surface area contributed by atoms with Gasteiger partial charge in [0, 0.05) is 17.9 Å². The molecule has 92 valence electrons. The first kappa shape index (κ1) is 14.1. The second-order valence-electron chi connectivity index (χ2n) is 3.76. The van der Waals surface area contributed by atoms with Gasteiger partial charge in [0.2, 0.25) is 0 Å². The number of nitrogens with one attached hydrogen (secondary N) is 1. The van der Waals surface area contributed by atoms with Crippen molar-refractivity contribution in [2.45, 2.75) is 19.8 Å². The predicted molar refractivity (Wildman–Crippen MR) is 75.8 cm³/mol. The summed E-state index contributed by atoms with van der Waals surface area (Å²) < 4.78 is 0. The van der Waals surface area contributed by atoms with Crippen molar-refractivity contribution in [3.63, 3.8) is 0 Å². The van der Waals surface area contributed by atoms with Crippen LogP contribution in [0.2, 0.25) is 5.15 Å². The Kier molecular flexibility index (Phi) is 6.17. The molecule has 0 amide bonds. The fourth-order valence-corrected chi connectivity index (χ4v) is 2.26. The number of anilines is 1. The Hall–Kier alpha value is -0.920. The average molecular weight is 270 g/mol. The van der Waals surface area contributed by atoms with Gasteiger partial charge < -0.3 is 5.32 Å². The van der Waals surface area contributed by atoms with E-state index in [0.29, 0.717) is 11.1 Å². The standard InChI is InChI=1S/C12H16ClN3S/c1-4-6-17-7-5-14-12-10(9(2)3)11(13)15-8-16-12/h1,8-9H,5-7H2,2-3H3,(H,14,15,16). The number of terminal acetylenes is 1. The van der Waals surface area contributed by atoms with Crippen LogP contribution in [0.15, 0.2) is 6.33 Å². The summed E-state index contributed by atoms with van der Waals surface area (Å²) in [6.07, 6.45) is 6.65. The van der Waals surface area contributed by atoms with Gasteiger partial charge in [-0.25, -0.2) is 9.97 Å². The molecule has 1 rings (SSSR count). The smallest absolute Gasteiger partial charge is 0.138 e. The number of hydrogen-bond donors (Lipinski definition) is 1. The van der Waals surface area contributed by atoms with Crippen molar-refractivity contribution in [1.82, 2.24) is 9.97 Å². The maximum atomic E-state index is 6.06. The van der Waals surface area contributed by atoms with E-state index in [2.05, 4.69) is 35.1 Å². The van der Waals surface area contributed by atoms with Crippen LogP contribution in [0.1, 0.15) is 25.3 Å². The van der Waals surface area contributed by atoms with Gasteiger partial charge in [0.25, 0.3) is 0 Å². The van der Waals surface area contributed by atoms with Crippen molar-refractivity contribution >= 4 is 29.2 Å². The Bertz CT molecular complexity index is 401. The van der Waals surface area contributed by atoms with Gasteiger partial charge in [-0.3, -0.25) is 0 Å². The molecule has 0 saturated carbocycles. The number of hydrogen-bond acceptors (Lipinski definition) is 4. The van der Waals surface area contributed by atoms with Gasteiger partial charge in [-0.15, -0.1) is 18.2 Å². The molecule has 0 unspecified atom stereocenters. The summed E-state index contributed by atoms with van der Waals surface area (Å²) in [4.78, 5) is 8.22. The minimum Gasteiger partial charge on any atom is -0.369 e. The molecule has 0 spiro atoms. The van der Waals surface area contributed by atoms with Gasteiger partial charge in [0.1, 0.15) is 17.3 Å². The number of aromatic nitrogens is 2. The fraction of sp³-hybridized carbons (Fsp3) is 0.500. The molecule has 1 aromatic rings. The van der Waals surface area contributed by atoms with Crippen LogP contribution in [0.25, 0.3) is 0 Å². The van der Waals surface area contributed by atoms with Crippen LogP contribution in [0.4, 0.5) is 5.82 Å². The molecule has 0 aliphatic heterocycles. The minimum atomic E-state index is 0.296. The van der Waals surface area contributed by atoms with Gasteiger partial charge in [-0.2, -0.15) is 0 Å². The molecule has 17 heavy (non-hydrogen) atoms. The molecule has 0 aliphatic rings. The van der Waals surface area contributed by atoms with E-state index in [1.807, 2.05) is 0 Å². The molecule has 0 radical (unpaired) electrons. The summed E-state index contributed by atoms with van der Waals surface area (Å²) in [7, 11) is 0. The second kappa shape index (κ2) is 7.41. The van der Waals surface area contributed by atoms with Gasteiger partial charge in [0.15, 0.2) is 0 Å². The van der Waals surface area contributed by atoms with E-state index >= 15 is 0 Å². The molecule has 1 heterocycles. The summed E-state index contributed by atoms with van der Waals surface area (Å²) in [6, 6.07) is 0. The first-order chi connectivity index (χ1) is 8.16. The third kappa shape index (κ3) is 4.45. The van der Waals surface area contributed by atoms with Gasteiger partial charge >= 0.3 is 0 Å². The molecule has 0 fully saturated rings. The van der Waals surface area contributed by atoms with Crippen molar-refractivity contribution in [2.75, 3.05) is 23.4 Å². The first-order valence-electron chi connectivity index (χ1n) is 5.42. The molecule has 5 heteroatoms. The summed E-state index contributed by atoms with van der Waals surface area (Å²) in [5.41, 5.74) is 0.969. The summed E-state index contributed by atoms with van der Waals surface area (Å²) in [5.74, 6) is 5.40. The van der Waals surface area contributed by atoms with E-state index in [-0.39, 0.29) is 0 Å². The topological polar surface area (TPSA) is 37.8 Å². The normalized spacial score (nSPS) is 10.3. The Labute approximate surface area is 112 Å². The van der Waals surface area contributed by atoms with Gasteiger partial charge in [0.05, 0.1) is 5.75 Å². The Morgan fingerprint density at radius 2 is 2.29 bits per heavy atom. The molecular formula is C12H16ClN3S. The third-order valence-electron chi connectivity index (χ3n) is 2.14. The SMILES string of the molecule is C#CCSCCNc1ncnc(Cl)c1C(C)C. The van der Waals surface area contributed by atoms with Crippen molar-refractivity contribution in [1.29, 1.82) is 0 Å². The van der Waals surface area contributed by atoms with Crippen LogP contribution in [0, 0.1) is 12.3 Å². The lowest BCUT2D eigenvalue weighted by atomic mass is 10.1. The van der Waals surface area contributed by atoms with E-state index in [0.717, 1.165) is 29.4 Å². The van der Waals surface area contributed by atoms with Crippen molar-refractivity contribution < 1.29 is 0 Å². The zero-order valence-electron chi connectivity index (χ0n) is 10.0. The van der Waals surface area contributed by atoms with Gasteiger partial charge in [-0.05, 0) is 5.92 Å². The van der Waals surface area contributed by atoms with Crippen molar-refractivity contribution in [3.8, 4) is 12.3 Å². The van der Waals surface area contributed by atoms with Crippen LogP contribution in [0.3, 0.4) is 0 Å². The predicted octanol–water partition coefficient (Wildman–Crippen LogP) is 3.03. The Morgan fingerprint density at radius 3 is 2.94 bits per heavy atom. The monoisotopic (exact) mass is 269 g/mol. The molecule has 3 nitrogen and oxygen atoms in total. The van der Waals surface area contributed by atoms with E-state index < -0.39 is 0 Å². The Morgan fingerprint density at radius 1 is 1.53 bits per heavy atom. The highest BCUT2D eigenvalue weighted by Gasteiger charge is 2.12.